The van der Waals surface area contributed by atoms with Crippen LogP contribution < -0.4 is 26.4 Å². The maximum atomic E-state index is 14.2. The van der Waals surface area contributed by atoms with Crippen LogP contribution in [0.4, 0.5) is 105 Å². The maximum absolute atomic E-state index is 14.2. The second-order valence-corrected chi connectivity index (χ2v) is 16.3. The first-order valence-corrected chi connectivity index (χ1v) is 20.7. The molecule has 1 N–H and O–H groups in total. The molecule has 0 aliphatic carbocycles. The van der Waals surface area contributed by atoms with Crippen LogP contribution in [0.2, 0.25) is 0 Å². The summed E-state index contributed by atoms with van der Waals surface area (Å²) in [6.45, 7) is 1.01. The molecule has 0 saturated carbocycles. The Labute approximate surface area is 406 Å². The van der Waals surface area contributed by atoms with Crippen molar-refractivity contribution in [3.63, 3.8) is 0 Å². The SMILES string of the molecule is FC(F)(F)c1cc([B-](c2cc(C(F)(F)F)cc(C(F)(F)F)c2)(c2cc(C(F)(F)F)cc(C(F)(F)F)c2)c2cc(C(F)(F)F)cc(C(F)(F)F)c2)cc(C(F)(F)F)c1.OCCC=Cc1c[n+](Cc2ccccc2)ccn1. The van der Waals surface area contributed by atoms with E-state index in [-0.39, 0.29) is 6.61 Å². The van der Waals surface area contributed by atoms with Crippen molar-refractivity contribution in [1.29, 1.82) is 0 Å². The Bertz CT molecular complexity index is 2540. The monoisotopic (exact) mass is 1100 g/mol. The van der Waals surface area contributed by atoms with Crippen LogP contribution in [-0.2, 0) is 56.0 Å². The molecule has 1 heterocycles. The summed E-state index contributed by atoms with van der Waals surface area (Å²) in [5, 5.41) is 8.72. The van der Waals surface area contributed by atoms with Gasteiger partial charge >= 0.3 is 49.4 Å². The van der Waals surface area contributed by atoms with Crippen molar-refractivity contribution in [1.82, 2.24) is 4.98 Å². The van der Waals surface area contributed by atoms with Crippen LogP contribution in [0, 0.1) is 0 Å². The number of halogens is 24. The highest BCUT2D eigenvalue weighted by Crippen LogP contribution is 2.41. The van der Waals surface area contributed by atoms with Crippen LogP contribution in [0.15, 0.2) is 128 Å². The van der Waals surface area contributed by atoms with Crippen LogP contribution >= 0.6 is 0 Å². The summed E-state index contributed by atoms with van der Waals surface area (Å²) in [6.07, 6.45) is -44.5. The molecule has 0 bridgehead atoms. The first kappa shape index (κ1) is 59.1. The fourth-order valence-corrected chi connectivity index (χ4v) is 7.78. The number of hydrogen-bond donors (Lipinski definition) is 1. The van der Waals surface area contributed by atoms with E-state index in [1.54, 1.807) is 6.20 Å². The third kappa shape index (κ3) is 14.6. The predicted octanol–water partition coefficient (Wildman–Crippen LogP) is 13.0. The van der Waals surface area contributed by atoms with Crippen molar-refractivity contribution in [2.24, 2.45) is 0 Å². The van der Waals surface area contributed by atoms with Gasteiger partial charge in [0.1, 0.15) is 11.8 Å². The zero-order valence-corrected chi connectivity index (χ0v) is 36.8. The van der Waals surface area contributed by atoms with Gasteiger partial charge in [-0.3, -0.25) is 0 Å². The van der Waals surface area contributed by atoms with Crippen molar-refractivity contribution in [3.8, 4) is 0 Å². The second kappa shape index (κ2) is 21.1. The Morgan fingerprint density at radius 2 is 0.693 bits per heavy atom. The number of alkyl halides is 24. The summed E-state index contributed by atoms with van der Waals surface area (Å²) >= 11 is 0. The van der Waals surface area contributed by atoms with Crippen LogP contribution in [-0.4, -0.2) is 22.8 Å². The normalized spacial score (nSPS) is 13.5. The molecule has 6 aromatic rings. The van der Waals surface area contributed by atoms with E-state index < -0.39 is 195 Å². The van der Waals surface area contributed by atoms with E-state index in [0.717, 1.165) is 12.2 Å². The molecule has 0 amide bonds. The largest absolute Gasteiger partial charge is 0.416 e. The average Bonchev–Trinajstić information content (AvgIpc) is 3.27. The van der Waals surface area contributed by atoms with Crippen molar-refractivity contribution >= 4 is 34.1 Å². The molecule has 0 unspecified atom stereocenters. The lowest BCUT2D eigenvalue weighted by Crippen LogP contribution is -2.75. The maximum Gasteiger partial charge on any atom is 0.416 e. The van der Waals surface area contributed by atoms with Crippen molar-refractivity contribution < 1.29 is 115 Å². The molecule has 404 valence electrons. The van der Waals surface area contributed by atoms with Crippen LogP contribution in [0.5, 0.6) is 0 Å². The highest BCUT2D eigenvalue weighted by Gasteiger charge is 2.47. The summed E-state index contributed by atoms with van der Waals surface area (Å²) in [6, 6.07) is 1.50. The smallest absolute Gasteiger partial charge is 0.396 e. The molecule has 75 heavy (non-hydrogen) atoms. The zero-order chi connectivity index (χ0) is 56.5. The molecule has 6 rings (SSSR count). The van der Waals surface area contributed by atoms with Gasteiger partial charge < -0.3 is 5.11 Å². The first-order valence-electron chi connectivity index (χ1n) is 20.7. The topological polar surface area (TPSA) is 37.0 Å². The molecule has 0 saturated heterocycles. The molecule has 3 nitrogen and oxygen atoms in total. The summed E-state index contributed by atoms with van der Waals surface area (Å²) in [4.78, 5) is 4.26. The number of aliphatic hydroxyl groups is 1. The summed E-state index contributed by atoms with van der Waals surface area (Å²) in [7, 11) is 0. The lowest BCUT2D eigenvalue weighted by Gasteiger charge is -2.46. The number of aromatic nitrogens is 2. The Balaban J connectivity index is 0.000000483. The Morgan fingerprint density at radius 3 is 0.947 bits per heavy atom. The number of aliphatic hydroxyl groups excluding tert-OH is 1. The van der Waals surface area contributed by atoms with Crippen LogP contribution in [0.3, 0.4) is 0 Å². The van der Waals surface area contributed by atoms with Gasteiger partial charge in [-0.15, -0.1) is 0 Å². The molecule has 5 aromatic carbocycles. The van der Waals surface area contributed by atoms with Crippen molar-refractivity contribution in [3.05, 3.63) is 184 Å². The molecule has 0 fully saturated rings. The van der Waals surface area contributed by atoms with E-state index in [1.165, 1.54) is 5.56 Å². The average molecular weight is 1100 g/mol. The Morgan fingerprint density at radius 1 is 0.413 bits per heavy atom. The third-order valence-corrected chi connectivity index (χ3v) is 11.0. The summed E-state index contributed by atoms with van der Waals surface area (Å²) in [5.74, 6) is 0. The minimum Gasteiger partial charge on any atom is -0.396 e. The van der Waals surface area contributed by atoms with Crippen molar-refractivity contribution in [2.45, 2.75) is 62.4 Å². The molecule has 1 aromatic heterocycles. The first-order chi connectivity index (χ1) is 34.1. The highest BCUT2D eigenvalue weighted by molar-refractivity contribution is 7.20. The summed E-state index contributed by atoms with van der Waals surface area (Å²) < 4.78 is 343. The molecule has 0 radical (unpaired) electrons. The van der Waals surface area contributed by atoms with Crippen LogP contribution in [0.1, 0.15) is 62.2 Å². The van der Waals surface area contributed by atoms with Gasteiger partial charge in [-0.1, -0.05) is 84.9 Å². The Hall–Kier alpha value is -6.74. The van der Waals surface area contributed by atoms with Gasteiger partial charge in [0, 0.05) is 12.2 Å². The number of nitrogens with zero attached hydrogens (tertiary/aromatic N) is 2. The predicted molar refractivity (Wildman–Crippen MR) is 221 cm³/mol. The molecular formula is C47H29BF24N2O. The minimum atomic E-state index is -6.13. The fourth-order valence-electron chi connectivity index (χ4n) is 7.78. The lowest BCUT2D eigenvalue weighted by molar-refractivity contribution is -0.689. The quantitative estimate of drug-likeness (QED) is 0.0890. The van der Waals surface area contributed by atoms with E-state index >= 15 is 0 Å². The van der Waals surface area contributed by atoms with Gasteiger partial charge in [0.2, 0.25) is 0 Å². The summed E-state index contributed by atoms with van der Waals surface area (Å²) in [5.41, 5.74) is -28.0. The van der Waals surface area contributed by atoms with E-state index in [2.05, 4.69) is 21.7 Å². The van der Waals surface area contributed by atoms with Gasteiger partial charge in [0.05, 0.1) is 50.7 Å². The van der Waals surface area contributed by atoms with Gasteiger partial charge in [-0.05, 0) is 36.8 Å². The number of rotatable bonds is 9. The lowest BCUT2D eigenvalue weighted by atomic mass is 9.12. The van der Waals surface area contributed by atoms with Gasteiger partial charge in [-0.2, -0.15) is 132 Å². The van der Waals surface area contributed by atoms with E-state index in [4.69, 9.17) is 5.11 Å². The zero-order valence-electron chi connectivity index (χ0n) is 36.8. The van der Waals surface area contributed by atoms with Crippen molar-refractivity contribution in [2.75, 3.05) is 6.61 Å². The van der Waals surface area contributed by atoms with Gasteiger partial charge in [0.25, 0.3) is 0 Å². The second-order valence-electron chi connectivity index (χ2n) is 16.3. The number of benzene rings is 5. The standard InChI is InChI=1S/C32H12BF24.C15H17N2O/c34-25(35,36)13-1-14(26(37,38)39)6-21(5-13)33(22-7-15(27(40,41)42)2-16(8-22)28(43,44)45,23-9-17(29(46,47)48)3-18(10-23)30(49,50)51)24-11-19(31(52,53)54)4-20(12-24)32(55,56)57;18-11-5-4-8-15-13-17(10-9-16-15)12-14-6-2-1-3-7-14/h1-12H;1-4,6-10,13,18H,5,11-12H2/q-1;+1. The molecule has 0 aliphatic heterocycles. The molecule has 0 atom stereocenters. The van der Waals surface area contributed by atoms with E-state index in [1.807, 2.05) is 42.7 Å². The molecular weight excluding hydrogens is 1080 g/mol. The third-order valence-electron chi connectivity index (χ3n) is 11.0. The Kier molecular flexibility index (Phi) is 16.7. The molecule has 0 spiro atoms. The van der Waals surface area contributed by atoms with E-state index in [9.17, 15) is 105 Å². The number of hydrogen-bond acceptors (Lipinski definition) is 2. The van der Waals surface area contributed by atoms with Gasteiger partial charge in [0.15, 0.2) is 18.9 Å². The van der Waals surface area contributed by atoms with Gasteiger partial charge in [-0.25, -0.2) is 4.98 Å². The van der Waals surface area contributed by atoms with Crippen LogP contribution in [0.25, 0.3) is 6.08 Å². The minimum absolute atomic E-state index is 0.174. The highest BCUT2D eigenvalue weighted by atomic mass is 19.4. The van der Waals surface area contributed by atoms with E-state index in [0.29, 0.717) is 6.42 Å². The fraction of sp³-hybridized carbons (Fsp3) is 0.234. The molecule has 28 heteroatoms. The molecule has 0 aliphatic rings.